The van der Waals surface area contributed by atoms with Gasteiger partial charge in [-0.2, -0.15) is 9.57 Å². The van der Waals surface area contributed by atoms with Crippen molar-refractivity contribution in [2.24, 2.45) is 0 Å². The second-order valence-corrected chi connectivity index (χ2v) is 12.0. The van der Waals surface area contributed by atoms with E-state index >= 15 is 0 Å². The lowest BCUT2D eigenvalue weighted by molar-refractivity contribution is 0.0558. The lowest BCUT2D eigenvalue weighted by Gasteiger charge is -2.40. The van der Waals surface area contributed by atoms with Gasteiger partial charge < -0.3 is 15.2 Å². The summed E-state index contributed by atoms with van der Waals surface area (Å²) in [6.45, 7) is 1.51. The van der Waals surface area contributed by atoms with E-state index in [2.05, 4.69) is 16.4 Å². The maximum Gasteiger partial charge on any atom is 0.264 e. The number of aromatic nitrogens is 1. The van der Waals surface area contributed by atoms with Crippen LogP contribution in [0.1, 0.15) is 33.8 Å². The average Bonchev–Trinajstić information content (AvgIpc) is 3.46. The fourth-order valence-corrected chi connectivity index (χ4v) is 7.43. The van der Waals surface area contributed by atoms with Gasteiger partial charge in [-0.15, -0.1) is 11.3 Å². The molecule has 34 heavy (non-hydrogen) atoms. The topological polar surface area (TPSA) is 109 Å². The predicted molar refractivity (Wildman–Crippen MR) is 133 cm³/mol. The lowest BCUT2D eigenvalue weighted by atomic mass is 10.1. The smallest absolute Gasteiger partial charge is 0.264 e. The Hall–Kier alpha value is -2.58. The van der Waals surface area contributed by atoms with Crippen molar-refractivity contribution in [3.8, 4) is 6.07 Å². The molecule has 5 rings (SSSR count). The minimum Gasteiger partial charge on any atom is -0.384 e. The van der Waals surface area contributed by atoms with Crippen LogP contribution in [0.3, 0.4) is 0 Å². The van der Waals surface area contributed by atoms with Crippen molar-refractivity contribution in [2.45, 2.75) is 36.8 Å². The van der Waals surface area contributed by atoms with Crippen LogP contribution < -0.4 is 5.32 Å². The number of amides is 1. The zero-order valence-electron chi connectivity index (χ0n) is 18.4. The maximum absolute atomic E-state index is 13.4. The standard InChI is InChI=1S/C23H24ClN5O3S2/c24-16-5-6-18-15(11-16)12-22(27-18)34(31,32)28-9-10-29(17(14-28)3-1-7-25)23(30)21-13-19-20(33-21)4-2-8-26-19/h5-6,11-13,17,26-27H,1-4,8-10,14H2. The molecular formula is C23H24ClN5O3S2. The third-order valence-electron chi connectivity index (χ3n) is 6.39. The van der Waals surface area contributed by atoms with Gasteiger partial charge in [-0.3, -0.25) is 4.79 Å². The number of carbonyl (C=O) groups is 1. The van der Waals surface area contributed by atoms with E-state index in [1.165, 1.54) is 20.5 Å². The molecule has 2 aliphatic heterocycles. The number of sulfonamides is 1. The SMILES string of the molecule is N#CCCC1CN(S(=O)(=O)c2cc3cc(Cl)ccc3[nH]2)CCN1C(=O)c1cc2c(s1)CCCN2. The largest absolute Gasteiger partial charge is 0.384 e. The fraction of sp³-hybridized carbons (Fsp3) is 0.391. The average molecular weight is 518 g/mol. The predicted octanol–water partition coefficient (Wildman–Crippen LogP) is 4.06. The summed E-state index contributed by atoms with van der Waals surface area (Å²) in [6, 6.07) is 10.4. The number of carbonyl (C=O) groups excluding carboxylic acids is 1. The molecule has 1 fully saturated rings. The van der Waals surface area contributed by atoms with Gasteiger partial charge in [-0.25, -0.2) is 8.42 Å². The van der Waals surface area contributed by atoms with Gasteiger partial charge in [0.15, 0.2) is 0 Å². The van der Waals surface area contributed by atoms with E-state index in [-0.39, 0.29) is 43.0 Å². The normalized spacial score (nSPS) is 18.9. The molecule has 1 aromatic carbocycles. The van der Waals surface area contributed by atoms with Crippen molar-refractivity contribution in [1.82, 2.24) is 14.2 Å². The zero-order valence-corrected chi connectivity index (χ0v) is 20.8. The number of aromatic amines is 1. The minimum absolute atomic E-state index is 0.0959. The van der Waals surface area contributed by atoms with Crippen LogP contribution in [0.2, 0.25) is 5.02 Å². The van der Waals surface area contributed by atoms with E-state index < -0.39 is 10.0 Å². The van der Waals surface area contributed by atoms with Crippen LogP contribution in [-0.2, 0) is 16.4 Å². The van der Waals surface area contributed by atoms with Crippen molar-refractivity contribution in [3.63, 3.8) is 0 Å². The van der Waals surface area contributed by atoms with Crippen LogP contribution in [0, 0.1) is 11.3 Å². The Bertz CT molecular complexity index is 1370. The number of benzene rings is 1. The zero-order chi connectivity index (χ0) is 23.9. The molecule has 3 aromatic rings. The van der Waals surface area contributed by atoms with E-state index in [0.717, 1.165) is 30.5 Å². The van der Waals surface area contributed by atoms with Gasteiger partial charge in [-0.1, -0.05) is 11.6 Å². The summed E-state index contributed by atoms with van der Waals surface area (Å²) in [5, 5.41) is 13.8. The van der Waals surface area contributed by atoms with Gasteiger partial charge in [0.05, 0.1) is 10.9 Å². The molecule has 178 valence electrons. The van der Waals surface area contributed by atoms with Gasteiger partial charge in [-0.05, 0) is 49.6 Å². The Morgan fingerprint density at radius 1 is 1.26 bits per heavy atom. The van der Waals surface area contributed by atoms with E-state index in [1.807, 2.05) is 6.07 Å². The summed E-state index contributed by atoms with van der Waals surface area (Å²) in [7, 11) is -3.80. The van der Waals surface area contributed by atoms with E-state index in [4.69, 9.17) is 16.9 Å². The fourth-order valence-electron chi connectivity index (χ4n) is 4.63. The monoisotopic (exact) mass is 517 g/mol. The first-order valence-electron chi connectivity index (χ1n) is 11.2. The van der Waals surface area contributed by atoms with E-state index in [1.54, 1.807) is 29.2 Å². The number of hydrogen-bond donors (Lipinski definition) is 2. The molecule has 4 heterocycles. The molecule has 2 aliphatic rings. The molecule has 1 amide bonds. The van der Waals surface area contributed by atoms with E-state index in [9.17, 15) is 13.2 Å². The summed E-state index contributed by atoms with van der Waals surface area (Å²) in [5.74, 6) is -0.0959. The Morgan fingerprint density at radius 2 is 2.12 bits per heavy atom. The van der Waals surface area contributed by atoms with Gasteiger partial charge in [0.1, 0.15) is 5.03 Å². The lowest BCUT2D eigenvalue weighted by Crippen LogP contribution is -2.56. The van der Waals surface area contributed by atoms with Gasteiger partial charge in [0.25, 0.3) is 15.9 Å². The molecule has 0 bridgehead atoms. The third-order valence-corrected chi connectivity index (χ3v) is 9.59. The number of anilines is 1. The summed E-state index contributed by atoms with van der Waals surface area (Å²) >= 11 is 7.55. The summed E-state index contributed by atoms with van der Waals surface area (Å²) in [6.07, 6.45) is 2.66. The quantitative estimate of drug-likeness (QED) is 0.530. The molecule has 1 unspecified atom stereocenters. The number of aryl methyl sites for hydroxylation is 1. The number of H-pyrrole nitrogens is 1. The summed E-state index contributed by atoms with van der Waals surface area (Å²) in [4.78, 5) is 20.0. The highest BCUT2D eigenvalue weighted by Crippen LogP contribution is 2.33. The Balaban J connectivity index is 1.39. The van der Waals surface area contributed by atoms with Crippen molar-refractivity contribution in [3.05, 3.63) is 45.1 Å². The summed E-state index contributed by atoms with van der Waals surface area (Å²) < 4.78 is 28.3. The van der Waals surface area contributed by atoms with E-state index in [0.29, 0.717) is 21.8 Å². The first kappa shape index (κ1) is 23.2. The number of hydrogen-bond acceptors (Lipinski definition) is 6. The Morgan fingerprint density at radius 3 is 2.91 bits per heavy atom. The van der Waals surface area contributed by atoms with Crippen molar-refractivity contribution in [2.75, 3.05) is 31.5 Å². The summed E-state index contributed by atoms with van der Waals surface area (Å²) in [5.41, 5.74) is 1.71. The van der Waals surface area contributed by atoms with Gasteiger partial charge >= 0.3 is 0 Å². The first-order valence-corrected chi connectivity index (χ1v) is 13.8. The molecule has 11 heteroatoms. The molecule has 2 N–H and O–H groups in total. The number of halogens is 1. The molecule has 0 spiro atoms. The Labute approximate surface area is 207 Å². The number of nitrogens with zero attached hydrogens (tertiary/aromatic N) is 3. The van der Waals surface area contributed by atoms with Crippen molar-refractivity contribution < 1.29 is 13.2 Å². The molecular weight excluding hydrogens is 494 g/mol. The van der Waals surface area contributed by atoms with Crippen LogP contribution in [-0.4, -0.2) is 60.7 Å². The van der Waals surface area contributed by atoms with Gasteiger partial charge in [0.2, 0.25) is 0 Å². The molecule has 0 radical (unpaired) electrons. The highest BCUT2D eigenvalue weighted by molar-refractivity contribution is 7.89. The number of nitrogens with one attached hydrogen (secondary N) is 2. The number of rotatable bonds is 5. The molecule has 0 aliphatic carbocycles. The molecule has 1 saturated heterocycles. The second kappa shape index (κ2) is 9.23. The maximum atomic E-state index is 13.4. The third kappa shape index (κ3) is 4.29. The van der Waals surface area contributed by atoms with Crippen LogP contribution in [0.4, 0.5) is 5.69 Å². The van der Waals surface area contributed by atoms with Crippen LogP contribution in [0.5, 0.6) is 0 Å². The van der Waals surface area contributed by atoms with Crippen molar-refractivity contribution >= 4 is 55.5 Å². The Kier molecular flexibility index (Phi) is 6.29. The molecule has 0 saturated carbocycles. The molecule has 2 aromatic heterocycles. The highest BCUT2D eigenvalue weighted by Gasteiger charge is 2.37. The molecule has 8 nitrogen and oxygen atoms in total. The number of nitriles is 1. The second-order valence-electron chi connectivity index (χ2n) is 8.56. The van der Waals surface area contributed by atoms with Gasteiger partial charge in [0, 0.05) is 65.1 Å². The first-order chi connectivity index (χ1) is 16.4. The number of thiophene rings is 1. The number of fused-ring (bicyclic) bond motifs is 2. The van der Waals surface area contributed by atoms with Crippen LogP contribution >= 0.6 is 22.9 Å². The van der Waals surface area contributed by atoms with Crippen molar-refractivity contribution in [1.29, 1.82) is 5.26 Å². The minimum atomic E-state index is -3.80. The van der Waals surface area contributed by atoms with Crippen LogP contribution in [0.15, 0.2) is 35.4 Å². The highest BCUT2D eigenvalue weighted by atomic mass is 35.5. The number of piperazine rings is 1. The van der Waals surface area contributed by atoms with Crippen LogP contribution in [0.25, 0.3) is 10.9 Å². The molecule has 1 atom stereocenters.